The molecule has 0 amide bonds. The summed E-state index contributed by atoms with van der Waals surface area (Å²) in [5.41, 5.74) is 5.91. The van der Waals surface area contributed by atoms with Gasteiger partial charge in [0.25, 0.3) is 0 Å². The van der Waals surface area contributed by atoms with Crippen LogP contribution in [-0.2, 0) is 0 Å². The number of nitrogens with two attached hydrogens (primary N) is 1. The maximum atomic E-state index is 11.8. The molecule has 0 aromatic heterocycles. The third-order valence-electron chi connectivity index (χ3n) is 3.63. The number of carbonyl (C=O) groups excluding carboxylic acids is 1. The number of likely N-dealkylation sites (tertiary alicyclic amines) is 1. The van der Waals surface area contributed by atoms with E-state index in [1.807, 2.05) is 6.07 Å². The lowest BCUT2D eigenvalue weighted by Gasteiger charge is -2.29. The Hall–Kier alpha value is -1.59. The lowest BCUT2D eigenvalue weighted by Crippen LogP contribution is -2.35. The lowest BCUT2D eigenvalue weighted by atomic mass is 10.1. The highest BCUT2D eigenvalue weighted by atomic mass is 16.5. The van der Waals surface area contributed by atoms with Crippen molar-refractivity contribution in [2.75, 3.05) is 33.8 Å². The van der Waals surface area contributed by atoms with Gasteiger partial charge in [0.2, 0.25) is 0 Å². The number of nitrogens with zero attached hydrogens (tertiary/aromatic N) is 1. The van der Waals surface area contributed by atoms with Gasteiger partial charge in [0.15, 0.2) is 17.3 Å². The summed E-state index contributed by atoms with van der Waals surface area (Å²) >= 11 is 0. The molecule has 2 N–H and O–H groups in total. The van der Waals surface area contributed by atoms with Crippen LogP contribution in [0.15, 0.2) is 18.2 Å². The Labute approximate surface area is 119 Å². The largest absolute Gasteiger partial charge is 0.492 e. The fourth-order valence-electron chi connectivity index (χ4n) is 2.43. The molecule has 2 rings (SSSR count). The molecule has 0 bridgehead atoms. The average Bonchev–Trinajstić information content (AvgIpc) is 2.48. The second-order valence-corrected chi connectivity index (χ2v) is 5.08. The summed E-state index contributed by atoms with van der Waals surface area (Å²) in [6, 6.07) is 5.36. The quantitative estimate of drug-likeness (QED) is 0.823. The molecule has 0 spiro atoms. The van der Waals surface area contributed by atoms with Crippen LogP contribution in [0.5, 0.6) is 11.5 Å². The van der Waals surface area contributed by atoms with E-state index < -0.39 is 0 Å². The minimum atomic E-state index is -0.143. The zero-order chi connectivity index (χ0) is 14.5. The predicted molar refractivity (Wildman–Crippen MR) is 77.5 cm³/mol. The van der Waals surface area contributed by atoms with E-state index in [2.05, 4.69) is 11.9 Å². The smallest absolute Gasteiger partial charge is 0.180 e. The van der Waals surface area contributed by atoms with Gasteiger partial charge in [-0.3, -0.25) is 4.79 Å². The molecule has 1 aliphatic heterocycles. The van der Waals surface area contributed by atoms with Crippen molar-refractivity contribution in [3.8, 4) is 11.5 Å². The van der Waals surface area contributed by atoms with Crippen molar-refractivity contribution in [3.63, 3.8) is 0 Å². The van der Waals surface area contributed by atoms with Crippen molar-refractivity contribution in [2.24, 2.45) is 5.73 Å². The van der Waals surface area contributed by atoms with Crippen LogP contribution in [0.3, 0.4) is 0 Å². The predicted octanol–water partition coefficient (Wildman–Crippen LogP) is 1.31. The molecule has 0 unspecified atom stereocenters. The number of ketones is 1. The maximum Gasteiger partial charge on any atom is 0.180 e. The number of hydrogen-bond donors (Lipinski definition) is 1. The molecule has 1 fully saturated rings. The second-order valence-electron chi connectivity index (χ2n) is 5.08. The number of ether oxygens (including phenoxy) is 2. The molecule has 1 heterocycles. The van der Waals surface area contributed by atoms with Crippen molar-refractivity contribution in [1.82, 2.24) is 4.90 Å². The Bertz CT molecular complexity index is 468. The number of benzene rings is 1. The van der Waals surface area contributed by atoms with Gasteiger partial charge in [0.1, 0.15) is 6.10 Å². The Balaban J connectivity index is 2.17. The standard InChI is InChI=1S/C15H22N2O3/c1-17-8-6-11(7-9-17)20-14-5-3-4-12(13(18)10-16)15(14)19-2/h3-5,11H,6-10,16H2,1-2H3. The summed E-state index contributed by atoms with van der Waals surface area (Å²) in [7, 11) is 3.65. The van der Waals surface area contributed by atoms with E-state index in [0.717, 1.165) is 25.9 Å². The molecule has 0 aliphatic carbocycles. The first-order chi connectivity index (χ1) is 9.65. The zero-order valence-corrected chi connectivity index (χ0v) is 12.1. The normalized spacial score (nSPS) is 16.9. The molecule has 0 atom stereocenters. The minimum absolute atomic E-state index is 0.0337. The summed E-state index contributed by atoms with van der Waals surface area (Å²) in [6.45, 7) is 2.01. The first-order valence-corrected chi connectivity index (χ1v) is 6.91. The summed E-state index contributed by atoms with van der Waals surface area (Å²) in [4.78, 5) is 14.1. The molecule has 0 saturated carbocycles. The SMILES string of the molecule is COc1c(OC2CCN(C)CC2)cccc1C(=O)CN. The molecule has 1 aromatic carbocycles. The van der Waals surface area contributed by atoms with Gasteiger partial charge >= 0.3 is 0 Å². The van der Waals surface area contributed by atoms with Crippen LogP contribution < -0.4 is 15.2 Å². The summed E-state index contributed by atoms with van der Waals surface area (Å²) in [5, 5.41) is 0. The van der Waals surface area contributed by atoms with Crippen LogP contribution in [0, 0.1) is 0 Å². The molecule has 110 valence electrons. The van der Waals surface area contributed by atoms with Crippen molar-refractivity contribution in [2.45, 2.75) is 18.9 Å². The van der Waals surface area contributed by atoms with Crippen molar-refractivity contribution < 1.29 is 14.3 Å². The minimum Gasteiger partial charge on any atom is -0.492 e. The molecular formula is C15H22N2O3. The van der Waals surface area contributed by atoms with Crippen LogP contribution >= 0.6 is 0 Å². The molecular weight excluding hydrogens is 256 g/mol. The molecule has 1 aromatic rings. The summed E-state index contributed by atoms with van der Waals surface area (Å²) < 4.78 is 11.4. The van der Waals surface area contributed by atoms with E-state index >= 15 is 0 Å². The zero-order valence-electron chi connectivity index (χ0n) is 12.1. The van der Waals surface area contributed by atoms with Gasteiger partial charge in [0.05, 0.1) is 19.2 Å². The molecule has 0 radical (unpaired) electrons. The van der Waals surface area contributed by atoms with Crippen LogP contribution in [0.2, 0.25) is 0 Å². The van der Waals surface area contributed by atoms with Gasteiger partial charge in [-0.2, -0.15) is 0 Å². The van der Waals surface area contributed by atoms with Gasteiger partial charge in [-0.15, -0.1) is 0 Å². The number of hydrogen-bond acceptors (Lipinski definition) is 5. The third-order valence-corrected chi connectivity index (χ3v) is 3.63. The third kappa shape index (κ3) is 3.29. The van der Waals surface area contributed by atoms with E-state index in [9.17, 15) is 4.79 Å². The van der Waals surface area contributed by atoms with Crippen molar-refractivity contribution in [1.29, 1.82) is 0 Å². The van der Waals surface area contributed by atoms with Gasteiger partial charge in [-0.1, -0.05) is 6.07 Å². The van der Waals surface area contributed by atoms with Crippen LogP contribution in [0.4, 0.5) is 0 Å². The number of rotatable bonds is 5. The average molecular weight is 278 g/mol. The Kier molecular flexibility index (Phi) is 4.98. The van der Waals surface area contributed by atoms with E-state index in [0.29, 0.717) is 17.1 Å². The second kappa shape index (κ2) is 6.72. The summed E-state index contributed by atoms with van der Waals surface area (Å²) in [6.07, 6.45) is 2.13. The number of Topliss-reactive ketones (excluding diaryl/α,β-unsaturated/α-hetero) is 1. The fraction of sp³-hybridized carbons (Fsp3) is 0.533. The van der Waals surface area contributed by atoms with Gasteiger partial charge < -0.3 is 20.1 Å². The van der Waals surface area contributed by atoms with E-state index in [-0.39, 0.29) is 18.4 Å². The monoisotopic (exact) mass is 278 g/mol. The topological polar surface area (TPSA) is 64.8 Å². The maximum absolute atomic E-state index is 11.8. The molecule has 1 aliphatic rings. The first-order valence-electron chi connectivity index (χ1n) is 6.91. The molecule has 5 nitrogen and oxygen atoms in total. The number of methoxy groups -OCH3 is 1. The Morgan fingerprint density at radius 2 is 2.10 bits per heavy atom. The van der Waals surface area contributed by atoms with E-state index in [4.69, 9.17) is 15.2 Å². The van der Waals surface area contributed by atoms with Crippen LogP contribution in [0.25, 0.3) is 0 Å². The van der Waals surface area contributed by atoms with Crippen LogP contribution in [-0.4, -0.2) is 50.6 Å². The molecule has 1 saturated heterocycles. The molecule has 5 heteroatoms. The van der Waals surface area contributed by atoms with E-state index in [1.165, 1.54) is 0 Å². The fourth-order valence-corrected chi connectivity index (χ4v) is 2.43. The van der Waals surface area contributed by atoms with E-state index in [1.54, 1.807) is 19.2 Å². The highest BCUT2D eigenvalue weighted by Gasteiger charge is 2.21. The summed E-state index contributed by atoms with van der Waals surface area (Å²) in [5.74, 6) is 0.971. The van der Waals surface area contributed by atoms with Gasteiger partial charge in [0, 0.05) is 13.1 Å². The lowest BCUT2D eigenvalue weighted by molar-refractivity contribution is 0.0989. The van der Waals surface area contributed by atoms with Crippen LogP contribution in [0.1, 0.15) is 23.2 Å². The molecule has 20 heavy (non-hydrogen) atoms. The Morgan fingerprint density at radius 1 is 1.40 bits per heavy atom. The van der Waals surface area contributed by atoms with Gasteiger partial charge in [-0.25, -0.2) is 0 Å². The number of piperidine rings is 1. The highest BCUT2D eigenvalue weighted by Crippen LogP contribution is 2.33. The Morgan fingerprint density at radius 3 is 2.70 bits per heavy atom. The first kappa shape index (κ1) is 14.8. The number of para-hydroxylation sites is 1. The van der Waals surface area contributed by atoms with Gasteiger partial charge in [-0.05, 0) is 32.0 Å². The highest BCUT2D eigenvalue weighted by molar-refractivity contribution is 6.00. The van der Waals surface area contributed by atoms with Crippen molar-refractivity contribution in [3.05, 3.63) is 23.8 Å². The number of carbonyl (C=O) groups is 1. The van der Waals surface area contributed by atoms with Crippen molar-refractivity contribution >= 4 is 5.78 Å².